The Labute approximate surface area is 202 Å². The van der Waals surface area contributed by atoms with Gasteiger partial charge in [0.15, 0.2) is 23.0 Å². The van der Waals surface area contributed by atoms with Crippen LogP contribution in [0.2, 0.25) is 0 Å². The summed E-state index contributed by atoms with van der Waals surface area (Å²) in [6, 6.07) is 13.3. The number of hydrogen-bond acceptors (Lipinski definition) is 6. The summed E-state index contributed by atoms with van der Waals surface area (Å²) in [5.41, 5.74) is 3.20. The van der Waals surface area contributed by atoms with Crippen LogP contribution in [-0.4, -0.2) is 45.9 Å². The van der Waals surface area contributed by atoms with Crippen molar-refractivity contribution >= 4 is 12.4 Å². The lowest BCUT2D eigenvalue weighted by atomic mass is 9.68. The molecule has 1 heterocycles. The molecule has 0 spiro atoms. The highest BCUT2D eigenvalue weighted by atomic mass is 35.5. The Hall–Kier alpha value is -2.62. The van der Waals surface area contributed by atoms with E-state index in [1.54, 1.807) is 28.4 Å². The van der Waals surface area contributed by atoms with Crippen molar-refractivity contribution in [1.29, 1.82) is 5.26 Å². The molecule has 0 saturated heterocycles. The number of halogens is 1. The molecule has 7 heteroatoms. The predicted octanol–water partition coefficient (Wildman–Crippen LogP) is 4.91. The maximum atomic E-state index is 10.2. The second kappa shape index (κ2) is 10.5. The van der Waals surface area contributed by atoms with Gasteiger partial charge < -0.3 is 18.9 Å². The average molecular weight is 473 g/mol. The number of nitriles is 1. The summed E-state index contributed by atoms with van der Waals surface area (Å²) < 4.78 is 21.8. The molecule has 0 bridgehead atoms. The molecule has 4 rings (SSSR count). The van der Waals surface area contributed by atoms with Crippen LogP contribution >= 0.6 is 12.4 Å². The maximum Gasteiger partial charge on any atom is 0.161 e. The molecule has 2 aromatic carbocycles. The van der Waals surface area contributed by atoms with Gasteiger partial charge in [-0.1, -0.05) is 6.07 Å². The molecule has 1 fully saturated rings. The van der Waals surface area contributed by atoms with E-state index in [4.69, 9.17) is 18.9 Å². The lowest BCUT2D eigenvalue weighted by Crippen LogP contribution is -2.44. The molecule has 0 amide bonds. The molecule has 0 unspecified atom stereocenters. The van der Waals surface area contributed by atoms with Crippen molar-refractivity contribution in [3.63, 3.8) is 0 Å². The largest absolute Gasteiger partial charge is 0.493 e. The molecular formula is C26H33ClN2O4. The number of rotatable bonds is 6. The van der Waals surface area contributed by atoms with Gasteiger partial charge in [0, 0.05) is 19.1 Å². The average Bonchev–Trinajstić information content (AvgIpc) is 2.87. The van der Waals surface area contributed by atoms with E-state index in [9.17, 15) is 5.26 Å². The summed E-state index contributed by atoms with van der Waals surface area (Å²) in [6.07, 6.45) is 4.71. The zero-order valence-electron chi connectivity index (χ0n) is 19.8. The smallest absolute Gasteiger partial charge is 0.161 e. The molecule has 1 aliphatic carbocycles. The molecule has 33 heavy (non-hydrogen) atoms. The second-order valence-corrected chi connectivity index (χ2v) is 8.69. The van der Waals surface area contributed by atoms with Gasteiger partial charge in [0.1, 0.15) is 0 Å². The fraction of sp³-hybridized carbons (Fsp3) is 0.500. The molecular weight excluding hydrogens is 440 g/mol. The number of methoxy groups -OCH3 is 4. The van der Waals surface area contributed by atoms with Gasteiger partial charge in [-0.2, -0.15) is 5.26 Å². The first kappa shape index (κ1) is 25.0. The van der Waals surface area contributed by atoms with Crippen LogP contribution in [0.5, 0.6) is 23.0 Å². The van der Waals surface area contributed by atoms with Gasteiger partial charge in [0.2, 0.25) is 0 Å². The van der Waals surface area contributed by atoms with E-state index in [0.717, 1.165) is 62.3 Å². The highest BCUT2D eigenvalue weighted by Crippen LogP contribution is 2.44. The Bertz CT molecular complexity index is 1010. The Morgan fingerprint density at radius 1 is 0.848 bits per heavy atom. The number of nitrogens with zero attached hydrogens (tertiary/aromatic N) is 2. The third-order valence-corrected chi connectivity index (χ3v) is 7.22. The summed E-state index contributed by atoms with van der Waals surface area (Å²) in [5, 5.41) is 10.2. The lowest BCUT2D eigenvalue weighted by Gasteiger charge is -2.42. The van der Waals surface area contributed by atoms with E-state index in [-0.39, 0.29) is 12.4 Å². The standard InChI is InChI=1S/C26H32N2O4.ClH/c1-29-22-6-5-20(15-25(22)32-4)26(17-27)10-7-21(8-11-26)28-12-9-18-13-23(30-2)24(31-3)14-19(18)16-28;/h5-6,13-15,21H,7-12,16H2,1-4H3;1H. The maximum absolute atomic E-state index is 10.2. The first-order valence-corrected chi connectivity index (χ1v) is 11.2. The summed E-state index contributed by atoms with van der Waals surface area (Å²) >= 11 is 0. The van der Waals surface area contributed by atoms with Crippen molar-refractivity contribution in [3.05, 3.63) is 47.0 Å². The van der Waals surface area contributed by atoms with Crippen LogP contribution in [0.25, 0.3) is 0 Å². The first-order chi connectivity index (χ1) is 15.6. The van der Waals surface area contributed by atoms with Crippen molar-refractivity contribution in [2.24, 2.45) is 0 Å². The number of benzene rings is 2. The normalized spacial score (nSPS) is 22.3. The monoisotopic (exact) mass is 472 g/mol. The van der Waals surface area contributed by atoms with Crippen molar-refractivity contribution in [1.82, 2.24) is 4.90 Å². The van der Waals surface area contributed by atoms with Gasteiger partial charge in [0.25, 0.3) is 0 Å². The molecule has 0 atom stereocenters. The van der Waals surface area contributed by atoms with Crippen LogP contribution in [0, 0.1) is 11.3 Å². The van der Waals surface area contributed by atoms with E-state index in [0.29, 0.717) is 17.5 Å². The minimum Gasteiger partial charge on any atom is -0.493 e. The summed E-state index contributed by atoms with van der Waals surface area (Å²) in [4.78, 5) is 2.57. The molecule has 6 nitrogen and oxygen atoms in total. The van der Waals surface area contributed by atoms with E-state index in [2.05, 4.69) is 23.1 Å². The number of hydrogen-bond donors (Lipinski definition) is 0. The zero-order chi connectivity index (χ0) is 22.7. The highest BCUT2D eigenvalue weighted by molar-refractivity contribution is 5.85. The quantitative estimate of drug-likeness (QED) is 0.595. The summed E-state index contributed by atoms with van der Waals surface area (Å²) in [5.74, 6) is 2.95. The van der Waals surface area contributed by atoms with E-state index >= 15 is 0 Å². The first-order valence-electron chi connectivity index (χ1n) is 11.2. The number of fused-ring (bicyclic) bond motifs is 1. The fourth-order valence-electron chi connectivity index (χ4n) is 5.28. The Balaban J connectivity index is 0.00000306. The molecule has 178 valence electrons. The molecule has 1 saturated carbocycles. The van der Waals surface area contributed by atoms with Gasteiger partial charge in [-0.15, -0.1) is 12.4 Å². The van der Waals surface area contributed by atoms with E-state index in [1.165, 1.54) is 11.1 Å². The van der Waals surface area contributed by atoms with E-state index in [1.807, 2.05) is 18.2 Å². The highest BCUT2D eigenvalue weighted by Gasteiger charge is 2.39. The zero-order valence-corrected chi connectivity index (χ0v) is 20.7. The van der Waals surface area contributed by atoms with Crippen LogP contribution in [0.3, 0.4) is 0 Å². The number of ether oxygens (including phenoxy) is 4. The van der Waals surface area contributed by atoms with E-state index < -0.39 is 5.41 Å². The van der Waals surface area contributed by atoms with Gasteiger partial charge >= 0.3 is 0 Å². The van der Waals surface area contributed by atoms with Crippen LogP contribution < -0.4 is 18.9 Å². The van der Waals surface area contributed by atoms with Gasteiger partial charge in [-0.3, -0.25) is 4.90 Å². The molecule has 0 aromatic heterocycles. The van der Waals surface area contributed by atoms with Gasteiger partial charge in [0.05, 0.1) is 39.9 Å². The molecule has 2 aliphatic rings. The fourth-order valence-corrected chi connectivity index (χ4v) is 5.28. The third-order valence-electron chi connectivity index (χ3n) is 7.22. The Morgan fingerprint density at radius 3 is 2.00 bits per heavy atom. The van der Waals surface area contributed by atoms with Crippen molar-refractivity contribution in [2.75, 3.05) is 35.0 Å². The van der Waals surface area contributed by atoms with Crippen LogP contribution in [0.15, 0.2) is 30.3 Å². The lowest BCUT2D eigenvalue weighted by molar-refractivity contribution is 0.123. The van der Waals surface area contributed by atoms with Crippen LogP contribution in [-0.2, 0) is 18.4 Å². The minimum atomic E-state index is -0.472. The van der Waals surface area contributed by atoms with Gasteiger partial charge in [-0.05, 0) is 73.1 Å². The SMILES string of the molecule is COc1ccc(C2(C#N)CCC(N3CCc4cc(OC)c(OC)cc4C3)CC2)cc1OC.Cl. The van der Waals surface area contributed by atoms with Crippen molar-refractivity contribution < 1.29 is 18.9 Å². The topological polar surface area (TPSA) is 64.0 Å². The third kappa shape index (κ3) is 4.71. The summed E-state index contributed by atoms with van der Waals surface area (Å²) in [6.45, 7) is 1.94. The second-order valence-electron chi connectivity index (χ2n) is 8.69. The minimum absolute atomic E-state index is 0. The van der Waals surface area contributed by atoms with Crippen LogP contribution in [0.1, 0.15) is 42.4 Å². The van der Waals surface area contributed by atoms with Gasteiger partial charge in [-0.25, -0.2) is 0 Å². The Kier molecular flexibility index (Phi) is 7.99. The Morgan fingerprint density at radius 2 is 1.42 bits per heavy atom. The van der Waals surface area contributed by atoms with Crippen LogP contribution in [0.4, 0.5) is 0 Å². The van der Waals surface area contributed by atoms with Crippen molar-refractivity contribution in [2.45, 2.75) is 50.1 Å². The summed E-state index contributed by atoms with van der Waals surface area (Å²) in [7, 11) is 6.63. The predicted molar refractivity (Wildman–Crippen MR) is 130 cm³/mol. The molecule has 1 aliphatic heterocycles. The van der Waals surface area contributed by atoms with Crippen molar-refractivity contribution in [3.8, 4) is 29.1 Å². The molecule has 0 N–H and O–H groups in total. The molecule has 0 radical (unpaired) electrons. The molecule has 2 aromatic rings.